The number of aryl methyl sites for hydroxylation is 1. The molecule has 6 nitrogen and oxygen atoms in total. The number of piperazine rings is 1. The third kappa shape index (κ3) is 3.77. The molecule has 0 aliphatic carbocycles. The average molecular weight is 417 g/mol. The van der Waals surface area contributed by atoms with E-state index in [0.29, 0.717) is 55.6 Å². The van der Waals surface area contributed by atoms with Gasteiger partial charge in [-0.25, -0.2) is 9.37 Å². The van der Waals surface area contributed by atoms with E-state index in [-0.39, 0.29) is 23.3 Å². The van der Waals surface area contributed by atoms with E-state index in [9.17, 15) is 14.0 Å². The second-order valence-electron chi connectivity index (χ2n) is 7.48. The number of nitrogens with zero attached hydrogens (tertiary/aromatic N) is 4. The molecule has 4 rings (SSSR count). The van der Waals surface area contributed by atoms with Crippen molar-refractivity contribution < 1.29 is 9.18 Å². The van der Waals surface area contributed by atoms with Crippen molar-refractivity contribution in [3.05, 3.63) is 51.7 Å². The summed E-state index contributed by atoms with van der Waals surface area (Å²) >= 11 is 1.54. The lowest BCUT2D eigenvalue weighted by molar-refractivity contribution is -0.132. The minimum Gasteiger partial charge on any atom is -0.366 e. The summed E-state index contributed by atoms with van der Waals surface area (Å²) in [5.41, 5.74) is 2.09. The van der Waals surface area contributed by atoms with Gasteiger partial charge in [-0.2, -0.15) is 0 Å². The van der Waals surface area contributed by atoms with Crippen LogP contribution in [0.1, 0.15) is 30.6 Å². The number of halogens is 1. The van der Waals surface area contributed by atoms with Gasteiger partial charge in [0.05, 0.1) is 11.7 Å². The number of fused-ring (bicyclic) bond motifs is 1. The van der Waals surface area contributed by atoms with Crippen LogP contribution in [0, 0.1) is 12.7 Å². The van der Waals surface area contributed by atoms with Crippen LogP contribution in [0.4, 0.5) is 10.1 Å². The molecule has 0 spiro atoms. The van der Waals surface area contributed by atoms with Gasteiger partial charge in [0.1, 0.15) is 5.82 Å². The van der Waals surface area contributed by atoms with E-state index in [1.807, 2.05) is 29.7 Å². The lowest BCUT2D eigenvalue weighted by Gasteiger charge is -2.36. The lowest BCUT2D eigenvalue weighted by atomic mass is 10.1. The number of hydrogen-bond acceptors (Lipinski definition) is 5. The number of aromatic nitrogens is 2. The molecule has 1 aromatic carbocycles. The molecule has 1 unspecified atom stereocenters. The Morgan fingerprint density at radius 1 is 1.24 bits per heavy atom. The number of carbonyl (C=O) groups is 1. The van der Waals surface area contributed by atoms with E-state index >= 15 is 0 Å². The molecule has 0 radical (unpaired) electrons. The second-order valence-corrected chi connectivity index (χ2v) is 8.46. The standard InChI is InChI=1S/C21H25FN4O2S/c1-3-16-14(2)23-21-26(20(16)28)15(13-29-21)12-19(27)25-10-8-24(9-11-25)18-7-5-4-6-17(18)22/h4-7,15H,3,8-13H2,1-2H3. The monoisotopic (exact) mass is 416 g/mol. The van der Waals surface area contributed by atoms with Gasteiger partial charge in [0.25, 0.3) is 5.56 Å². The number of carbonyl (C=O) groups excluding carboxylic acids is 1. The summed E-state index contributed by atoms with van der Waals surface area (Å²) in [5.74, 6) is 0.499. The second kappa shape index (κ2) is 8.18. The molecular formula is C21H25FN4O2S. The molecular weight excluding hydrogens is 391 g/mol. The van der Waals surface area contributed by atoms with Crippen molar-refractivity contribution >= 4 is 23.4 Å². The van der Waals surface area contributed by atoms with Gasteiger partial charge >= 0.3 is 0 Å². The van der Waals surface area contributed by atoms with Gasteiger partial charge in [-0.1, -0.05) is 30.8 Å². The SMILES string of the molecule is CCc1c(C)nc2n(c1=O)C(CC(=O)N1CCN(c3ccccc3F)CC1)CS2. The molecule has 2 aliphatic heterocycles. The predicted octanol–water partition coefficient (Wildman–Crippen LogP) is 2.64. The molecule has 1 fully saturated rings. The highest BCUT2D eigenvalue weighted by atomic mass is 32.2. The molecule has 1 amide bonds. The van der Waals surface area contributed by atoms with Gasteiger partial charge in [0, 0.05) is 49.6 Å². The Bertz CT molecular complexity index is 985. The first-order valence-corrected chi connectivity index (χ1v) is 11.0. The maximum atomic E-state index is 14.0. The Balaban J connectivity index is 1.42. The van der Waals surface area contributed by atoms with Crippen LogP contribution in [0.15, 0.2) is 34.2 Å². The van der Waals surface area contributed by atoms with E-state index in [0.717, 1.165) is 11.3 Å². The molecule has 2 aromatic rings. The van der Waals surface area contributed by atoms with Gasteiger partial charge in [0.2, 0.25) is 5.91 Å². The van der Waals surface area contributed by atoms with Crippen molar-refractivity contribution in [3.8, 4) is 0 Å². The molecule has 29 heavy (non-hydrogen) atoms. The third-order valence-electron chi connectivity index (χ3n) is 5.74. The summed E-state index contributed by atoms with van der Waals surface area (Å²) in [6.45, 7) is 6.14. The van der Waals surface area contributed by atoms with Gasteiger partial charge in [-0.05, 0) is 25.5 Å². The van der Waals surface area contributed by atoms with Crippen LogP contribution in [0.25, 0.3) is 0 Å². The average Bonchev–Trinajstić information content (AvgIpc) is 3.11. The van der Waals surface area contributed by atoms with Crippen LogP contribution in [-0.2, 0) is 11.2 Å². The number of benzene rings is 1. The zero-order chi connectivity index (χ0) is 20.5. The highest BCUT2D eigenvalue weighted by molar-refractivity contribution is 7.99. The van der Waals surface area contributed by atoms with Crippen LogP contribution in [0.2, 0.25) is 0 Å². The van der Waals surface area contributed by atoms with Gasteiger partial charge in [0.15, 0.2) is 5.16 Å². The number of rotatable bonds is 4. The largest absolute Gasteiger partial charge is 0.366 e. The number of hydrogen-bond donors (Lipinski definition) is 0. The first-order valence-electron chi connectivity index (χ1n) is 10.0. The van der Waals surface area contributed by atoms with Crippen molar-refractivity contribution in [1.29, 1.82) is 0 Å². The third-order valence-corrected chi connectivity index (χ3v) is 6.84. The highest BCUT2D eigenvalue weighted by Crippen LogP contribution is 2.33. The molecule has 1 atom stereocenters. The minimum absolute atomic E-state index is 0.0119. The van der Waals surface area contributed by atoms with E-state index in [1.54, 1.807) is 28.5 Å². The number of para-hydroxylation sites is 1. The Hall–Kier alpha value is -2.35. The first-order chi connectivity index (χ1) is 14.0. The summed E-state index contributed by atoms with van der Waals surface area (Å²) in [6, 6.07) is 6.58. The first kappa shape index (κ1) is 19.9. The smallest absolute Gasteiger partial charge is 0.257 e. The Kier molecular flexibility index (Phi) is 5.63. The van der Waals surface area contributed by atoms with E-state index in [4.69, 9.17) is 0 Å². The van der Waals surface area contributed by atoms with Crippen LogP contribution >= 0.6 is 11.8 Å². The quantitative estimate of drug-likeness (QED) is 0.718. The maximum absolute atomic E-state index is 14.0. The molecule has 0 saturated carbocycles. The Morgan fingerprint density at radius 2 is 1.97 bits per heavy atom. The fourth-order valence-electron chi connectivity index (χ4n) is 4.11. The molecule has 0 bridgehead atoms. The Labute approximate surface area is 173 Å². The van der Waals surface area contributed by atoms with Gasteiger partial charge in [-0.15, -0.1) is 0 Å². The fraction of sp³-hybridized carbons (Fsp3) is 0.476. The predicted molar refractivity (Wildman–Crippen MR) is 112 cm³/mol. The van der Waals surface area contributed by atoms with Crippen LogP contribution in [-0.4, -0.2) is 52.3 Å². The summed E-state index contributed by atoms with van der Waals surface area (Å²) in [6.07, 6.45) is 0.939. The van der Waals surface area contributed by atoms with Crippen molar-refractivity contribution in [2.75, 3.05) is 36.8 Å². The molecule has 154 valence electrons. The molecule has 8 heteroatoms. The van der Waals surface area contributed by atoms with Crippen LogP contribution in [0.3, 0.4) is 0 Å². The van der Waals surface area contributed by atoms with E-state index in [1.165, 1.54) is 6.07 Å². The van der Waals surface area contributed by atoms with Gasteiger partial charge in [-0.3, -0.25) is 14.2 Å². The maximum Gasteiger partial charge on any atom is 0.257 e. The molecule has 1 aromatic heterocycles. The summed E-state index contributed by atoms with van der Waals surface area (Å²) in [4.78, 5) is 34.1. The van der Waals surface area contributed by atoms with E-state index < -0.39 is 0 Å². The van der Waals surface area contributed by atoms with Gasteiger partial charge < -0.3 is 9.80 Å². The molecule has 1 saturated heterocycles. The topological polar surface area (TPSA) is 58.4 Å². The number of anilines is 1. The summed E-state index contributed by atoms with van der Waals surface area (Å²) < 4.78 is 15.7. The Morgan fingerprint density at radius 3 is 2.66 bits per heavy atom. The molecule has 3 heterocycles. The zero-order valence-corrected chi connectivity index (χ0v) is 17.5. The van der Waals surface area contributed by atoms with Crippen molar-refractivity contribution in [3.63, 3.8) is 0 Å². The van der Waals surface area contributed by atoms with Crippen LogP contribution in [0.5, 0.6) is 0 Å². The molecule has 2 aliphatic rings. The fourth-order valence-corrected chi connectivity index (χ4v) is 5.29. The normalized spacial score (nSPS) is 18.8. The minimum atomic E-state index is -0.235. The lowest BCUT2D eigenvalue weighted by Crippen LogP contribution is -2.49. The van der Waals surface area contributed by atoms with Crippen molar-refractivity contribution in [1.82, 2.24) is 14.5 Å². The molecule has 0 N–H and O–H groups in total. The summed E-state index contributed by atoms with van der Waals surface area (Å²) in [5, 5.41) is 0.715. The number of thioether (sulfide) groups is 1. The van der Waals surface area contributed by atoms with Crippen molar-refractivity contribution in [2.24, 2.45) is 0 Å². The zero-order valence-electron chi connectivity index (χ0n) is 16.7. The number of amides is 1. The summed E-state index contributed by atoms with van der Waals surface area (Å²) in [7, 11) is 0. The van der Waals surface area contributed by atoms with Crippen LogP contribution < -0.4 is 10.5 Å². The highest BCUT2D eigenvalue weighted by Gasteiger charge is 2.31. The van der Waals surface area contributed by atoms with Crippen molar-refractivity contribution in [2.45, 2.75) is 37.9 Å². The van der Waals surface area contributed by atoms with E-state index in [2.05, 4.69) is 4.98 Å².